The molecule has 1 amide bonds. The zero-order valence-corrected chi connectivity index (χ0v) is 23.8. The third-order valence-electron chi connectivity index (χ3n) is 6.45. The van der Waals surface area contributed by atoms with Gasteiger partial charge in [0, 0.05) is 0 Å². The van der Waals surface area contributed by atoms with E-state index in [4.69, 9.17) is 18.6 Å². The van der Waals surface area contributed by atoms with Gasteiger partial charge in [0.05, 0.1) is 32.0 Å². The summed E-state index contributed by atoms with van der Waals surface area (Å²) in [5.74, 6) is 0. The zero-order chi connectivity index (χ0) is 25.8. The number of nitrogens with zero attached hydrogens (tertiary/aromatic N) is 1. The molecule has 1 aliphatic rings. The number of carbonyl (C=O) groups is 1. The van der Waals surface area contributed by atoms with E-state index in [1.54, 1.807) is 4.90 Å². The van der Waals surface area contributed by atoms with Crippen LogP contribution in [-0.4, -0.2) is 56.0 Å². The highest BCUT2D eigenvalue weighted by molar-refractivity contribution is 6.74. The smallest absolute Gasteiger partial charge is 0.413 e. The Labute approximate surface area is 207 Å². The summed E-state index contributed by atoms with van der Waals surface area (Å²) in [5, 5.41) is 0.140. The van der Waals surface area contributed by atoms with Crippen molar-refractivity contribution in [2.24, 2.45) is 0 Å². The molecule has 7 heteroatoms. The van der Waals surface area contributed by atoms with Crippen LogP contribution in [0.3, 0.4) is 0 Å². The Hall–Kier alpha value is -1.67. The van der Waals surface area contributed by atoms with E-state index < -0.39 is 25.7 Å². The maximum Gasteiger partial charge on any atom is 0.413 e. The first kappa shape index (κ1) is 28.6. The lowest BCUT2D eigenvalue weighted by Gasteiger charge is -2.37. The van der Waals surface area contributed by atoms with Crippen molar-refractivity contribution < 1.29 is 23.4 Å². The summed E-state index contributed by atoms with van der Waals surface area (Å²) in [5.41, 5.74) is -0.333. The third-order valence-corrected chi connectivity index (χ3v) is 10.9. The minimum Gasteiger partial charge on any atom is -0.444 e. The van der Waals surface area contributed by atoms with Gasteiger partial charge in [0.2, 0.25) is 0 Å². The van der Waals surface area contributed by atoms with Gasteiger partial charge < -0.3 is 18.6 Å². The molecule has 0 spiro atoms. The van der Waals surface area contributed by atoms with E-state index in [0.29, 0.717) is 19.8 Å². The Morgan fingerprint density at radius 2 is 1.79 bits per heavy atom. The van der Waals surface area contributed by atoms with Crippen molar-refractivity contribution in [3.05, 3.63) is 48.0 Å². The fourth-order valence-corrected chi connectivity index (χ4v) is 4.41. The first-order chi connectivity index (χ1) is 15.5. The van der Waals surface area contributed by atoms with Crippen LogP contribution < -0.4 is 0 Å². The number of hydrogen-bond acceptors (Lipinski definition) is 5. The van der Waals surface area contributed by atoms with E-state index in [0.717, 1.165) is 5.56 Å². The third kappa shape index (κ3) is 7.94. The first-order valence-corrected chi connectivity index (χ1v) is 15.1. The molecule has 0 N–H and O–H groups in total. The summed E-state index contributed by atoms with van der Waals surface area (Å²) in [6, 6.07) is 9.70. The fourth-order valence-electron chi connectivity index (χ4n) is 3.47. The van der Waals surface area contributed by atoms with Gasteiger partial charge >= 0.3 is 6.09 Å². The maximum absolute atomic E-state index is 13.2. The molecule has 0 saturated carbocycles. The monoisotopic (exact) mass is 491 g/mol. The predicted molar refractivity (Wildman–Crippen MR) is 139 cm³/mol. The lowest BCUT2D eigenvalue weighted by atomic mass is 10.1. The van der Waals surface area contributed by atoms with Gasteiger partial charge in [0.1, 0.15) is 11.3 Å². The minimum absolute atomic E-state index is 0.140. The summed E-state index contributed by atoms with van der Waals surface area (Å²) in [6.45, 7) is 21.8. The predicted octanol–water partition coefficient (Wildman–Crippen LogP) is 6.52. The molecule has 2 atom stereocenters. The van der Waals surface area contributed by atoms with E-state index in [-0.39, 0.29) is 17.2 Å². The number of ether oxygens (including phenoxy) is 3. The van der Waals surface area contributed by atoms with E-state index in [1.165, 1.54) is 0 Å². The second-order valence-corrected chi connectivity index (χ2v) is 16.7. The van der Waals surface area contributed by atoms with Gasteiger partial charge in [-0.2, -0.15) is 0 Å². The standard InChI is InChI=1S/C27H45NO5Si/c1-25(2,3)33-24(29)28-22(20-31-27(28,7)8)23(30-19-21-15-12-11-13-16-21)17-14-18-32-34(9,10)26(4,5)6/h11-17,22-23H,18-20H2,1-10H3/b17-14+/t22-,23-/m0/s1. The van der Waals surface area contributed by atoms with Crippen molar-refractivity contribution >= 4 is 14.4 Å². The average molecular weight is 492 g/mol. The van der Waals surface area contributed by atoms with E-state index in [1.807, 2.05) is 77.1 Å². The molecule has 1 aromatic carbocycles. The molecular formula is C27H45NO5Si. The summed E-state index contributed by atoms with van der Waals surface area (Å²) < 4.78 is 24.4. The Morgan fingerprint density at radius 3 is 2.35 bits per heavy atom. The van der Waals surface area contributed by atoms with E-state index in [9.17, 15) is 4.79 Å². The van der Waals surface area contributed by atoms with Gasteiger partial charge in [0.25, 0.3) is 0 Å². The Morgan fingerprint density at radius 1 is 1.18 bits per heavy atom. The lowest BCUT2D eigenvalue weighted by Crippen LogP contribution is -2.53. The number of benzene rings is 1. The molecule has 2 rings (SSSR count). The molecule has 0 aliphatic carbocycles. The van der Waals surface area contributed by atoms with Gasteiger partial charge in [-0.3, -0.25) is 4.90 Å². The number of rotatable bonds is 8. The van der Waals surface area contributed by atoms with Crippen molar-refractivity contribution in [3.63, 3.8) is 0 Å². The second kappa shape index (κ2) is 10.9. The minimum atomic E-state index is -1.86. The Kier molecular flexibility index (Phi) is 9.19. The van der Waals surface area contributed by atoms with Crippen molar-refractivity contribution in [2.75, 3.05) is 13.2 Å². The van der Waals surface area contributed by atoms with Crippen LogP contribution in [0.5, 0.6) is 0 Å². The van der Waals surface area contributed by atoms with Crippen LogP contribution in [0.4, 0.5) is 4.79 Å². The van der Waals surface area contributed by atoms with Crippen LogP contribution in [-0.2, 0) is 25.2 Å². The number of carbonyl (C=O) groups excluding carboxylic acids is 1. The number of amides is 1. The van der Waals surface area contributed by atoms with Crippen molar-refractivity contribution in [1.29, 1.82) is 0 Å². The molecule has 1 aromatic rings. The molecule has 192 valence electrons. The quantitative estimate of drug-likeness (QED) is 0.306. The molecule has 6 nitrogen and oxygen atoms in total. The van der Waals surface area contributed by atoms with Gasteiger partial charge in [0.15, 0.2) is 8.32 Å². The fraction of sp³-hybridized carbons (Fsp3) is 0.667. The van der Waals surface area contributed by atoms with Crippen molar-refractivity contribution in [1.82, 2.24) is 4.90 Å². The lowest BCUT2D eigenvalue weighted by molar-refractivity contribution is -0.0698. The van der Waals surface area contributed by atoms with Crippen LogP contribution in [0.1, 0.15) is 61.0 Å². The Balaban J connectivity index is 2.23. The molecule has 1 fully saturated rings. The van der Waals surface area contributed by atoms with E-state index >= 15 is 0 Å². The highest BCUT2D eigenvalue weighted by atomic mass is 28.4. The molecule has 34 heavy (non-hydrogen) atoms. The topological polar surface area (TPSA) is 57.2 Å². The van der Waals surface area contributed by atoms with Crippen LogP contribution in [0.2, 0.25) is 18.1 Å². The number of hydrogen-bond donors (Lipinski definition) is 0. The second-order valence-electron chi connectivity index (χ2n) is 11.9. The van der Waals surface area contributed by atoms with Crippen LogP contribution >= 0.6 is 0 Å². The molecule has 1 heterocycles. The normalized spacial score (nSPS) is 20.1. The Bertz CT molecular complexity index is 824. The van der Waals surface area contributed by atoms with Crippen LogP contribution in [0, 0.1) is 0 Å². The first-order valence-electron chi connectivity index (χ1n) is 12.2. The van der Waals surface area contributed by atoms with Crippen LogP contribution in [0.15, 0.2) is 42.5 Å². The molecule has 0 radical (unpaired) electrons. The molecule has 0 unspecified atom stereocenters. The highest BCUT2D eigenvalue weighted by Gasteiger charge is 2.48. The maximum atomic E-state index is 13.2. The summed E-state index contributed by atoms with van der Waals surface area (Å²) in [4.78, 5) is 14.8. The van der Waals surface area contributed by atoms with Crippen molar-refractivity contribution in [3.8, 4) is 0 Å². The molecular weight excluding hydrogens is 446 g/mol. The van der Waals surface area contributed by atoms with Gasteiger partial charge in [-0.15, -0.1) is 0 Å². The highest BCUT2D eigenvalue weighted by Crippen LogP contribution is 2.36. The molecule has 0 bridgehead atoms. The van der Waals surface area contributed by atoms with Gasteiger partial charge in [-0.05, 0) is 58.3 Å². The molecule has 0 aromatic heterocycles. The summed E-state index contributed by atoms with van der Waals surface area (Å²) in [7, 11) is -1.86. The van der Waals surface area contributed by atoms with Gasteiger partial charge in [-0.25, -0.2) is 4.79 Å². The average Bonchev–Trinajstić information content (AvgIpc) is 3.01. The largest absolute Gasteiger partial charge is 0.444 e. The summed E-state index contributed by atoms with van der Waals surface area (Å²) >= 11 is 0. The molecule has 1 saturated heterocycles. The van der Waals surface area contributed by atoms with E-state index in [2.05, 4.69) is 33.9 Å². The van der Waals surface area contributed by atoms with Crippen molar-refractivity contribution in [2.45, 2.75) is 104 Å². The zero-order valence-electron chi connectivity index (χ0n) is 22.8. The molecule has 1 aliphatic heterocycles. The van der Waals surface area contributed by atoms with Gasteiger partial charge in [-0.1, -0.05) is 63.3 Å². The SMILES string of the molecule is CC(C)(C)OC(=O)N1[C@H]([C@H](/C=C/CO[Si](C)(C)C(C)(C)C)OCc2ccccc2)COC1(C)C. The summed E-state index contributed by atoms with van der Waals surface area (Å²) in [6.07, 6.45) is 3.23. The van der Waals surface area contributed by atoms with Crippen LogP contribution in [0.25, 0.3) is 0 Å².